The highest BCUT2D eigenvalue weighted by Gasteiger charge is 2.54. The van der Waals surface area contributed by atoms with Crippen LogP contribution in [0.2, 0.25) is 10.0 Å². The van der Waals surface area contributed by atoms with E-state index in [4.69, 9.17) is 38.4 Å². The summed E-state index contributed by atoms with van der Waals surface area (Å²) in [6.45, 7) is 0.0801. The average Bonchev–Trinajstić information content (AvgIpc) is 3.05. The summed E-state index contributed by atoms with van der Waals surface area (Å²) in [5.74, 6) is -0.411. The number of hydrogen-bond donors (Lipinski definition) is 1. The van der Waals surface area contributed by atoms with Gasteiger partial charge in [0, 0.05) is 36.6 Å². The number of amides is 3. The minimum absolute atomic E-state index is 0.0876. The van der Waals surface area contributed by atoms with Gasteiger partial charge in [0.2, 0.25) is 6.10 Å². The molecule has 0 unspecified atom stereocenters. The molecule has 0 saturated carbocycles. The molecule has 0 spiro atoms. The van der Waals surface area contributed by atoms with Crippen LogP contribution in [0.5, 0.6) is 5.75 Å². The van der Waals surface area contributed by atoms with Crippen LogP contribution < -0.4 is 10.5 Å². The zero-order chi connectivity index (χ0) is 25.2. The maximum absolute atomic E-state index is 13.5. The number of piperidine rings is 1. The Morgan fingerprint density at radius 2 is 1.86 bits per heavy atom. The van der Waals surface area contributed by atoms with Gasteiger partial charge in [0.05, 0.1) is 5.71 Å². The summed E-state index contributed by atoms with van der Waals surface area (Å²) >= 11 is 12.0. The number of likely N-dealkylation sites (tertiary alicyclic amines) is 1. The second-order valence-corrected chi connectivity index (χ2v) is 9.34. The summed E-state index contributed by atoms with van der Waals surface area (Å²) in [4.78, 5) is 39.8. The van der Waals surface area contributed by atoms with Gasteiger partial charge in [-0.05, 0) is 30.2 Å². The van der Waals surface area contributed by atoms with E-state index in [1.807, 2.05) is 30.3 Å². The molecule has 2 aromatic carbocycles. The number of halogens is 2. The van der Waals surface area contributed by atoms with Crippen LogP contribution in [0.4, 0.5) is 4.79 Å². The normalized spacial score (nSPS) is 20.2. The topological polar surface area (TPSA) is 115 Å². The third kappa shape index (κ3) is 5.36. The Kier molecular flexibility index (Phi) is 7.18. The lowest BCUT2D eigenvalue weighted by Crippen LogP contribution is -2.58. The SMILES string of the molecule is CN1N=C2CCN(C(=O)[C@@H](COc3cc(Cl)cc(Cl)c3)OC(N)=O)C[C@@]2(Cc2ccccc2)C1=O. The Labute approximate surface area is 212 Å². The highest BCUT2D eigenvalue weighted by atomic mass is 35.5. The minimum Gasteiger partial charge on any atom is -0.489 e. The smallest absolute Gasteiger partial charge is 0.405 e. The van der Waals surface area contributed by atoms with Crippen LogP contribution in [0.3, 0.4) is 0 Å². The fourth-order valence-electron chi connectivity index (χ4n) is 4.50. The summed E-state index contributed by atoms with van der Waals surface area (Å²) in [6.07, 6.45) is -1.65. The monoisotopic (exact) mass is 518 g/mol. The van der Waals surface area contributed by atoms with Gasteiger partial charge in [-0.3, -0.25) is 9.59 Å². The van der Waals surface area contributed by atoms with Crippen molar-refractivity contribution in [2.45, 2.75) is 18.9 Å². The van der Waals surface area contributed by atoms with Gasteiger partial charge in [0.1, 0.15) is 17.8 Å². The van der Waals surface area contributed by atoms with E-state index in [1.165, 1.54) is 28.1 Å². The van der Waals surface area contributed by atoms with Gasteiger partial charge in [0.25, 0.3) is 11.8 Å². The maximum Gasteiger partial charge on any atom is 0.405 e. The lowest BCUT2D eigenvalue weighted by molar-refractivity contribution is -0.146. The summed E-state index contributed by atoms with van der Waals surface area (Å²) in [5, 5.41) is 6.47. The molecule has 184 valence electrons. The van der Waals surface area contributed by atoms with Crippen LogP contribution in [-0.4, -0.2) is 66.4 Å². The predicted molar refractivity (Wildman–Crippen MR) is 130 cm³/mol. The number of hydrogen-bond acceptors (Lipinski definition) is 6. The van der Waals surface area contributed by atoms with Crippen LogP contribution in [0, 0.1) is 5.41 Å². The highest BCUT2D eigenvalue weighted by molar-refractivity contribution is 6.34. The number of fused-ring (bicyclic) bond motifs is 1. The molecule has 0 aromatic heterocycles. The van der Waals surface area contributed by atoms with Crippen molar-refractivity contribution in [1.82, 2.24) is 9.91 Å². The first kappa shape index (κ1) is 24.8. The Bertz CT molecular complexity index is 1160. The van der Waals surface area contributed by atoms with Crippen molar-refractivity contribution in [3.63, 3.8) is 0 Å². The first-order valence-electron chi connectivity index (χ1n) is 10.9. The van der Waals surface area contributed by atoms with E-state index in [-0.39, 0.29) is 19.1 Å². The molecular formula is C24H24Cl2N4O5. The second kappa shape index (κ2) is 10.1. The number of rotatable bonds is 7. The number of ether oxygens (including phenoxy) is 2. The van der Waals surface area contributed by atoms with Crippen molar-refractivity contribution in [2.75, 3.05) is 26.7 Å². The van der Waals surface area contributed by atoms with Crippen molar-refractivity contribution in [3.8, 4) is 5.75 Å². The molecule has 3 amide bonds. The van der Waals surface area contributed by atoms with Crippen LogP contribution in [0.1, 0.15) is 12.0 Å². The third-order valence-corrected chi connectivity index (χ3v) is 6.47. The number of carbonyl (C=O) groups is 3. The first-order valence-corrected chi connectivity index (χ1v) is 11.7. The summed E-state index contributed by atoms with van der Waals surface area (Å²) in [7, 11) is 1.61. The van der Waals surface area contributed by atoms with Crippen molar-refractivity contribution < 1.29 is 23.9 Å². The summed E-state index contributed by atoms with van der Waals surface area (Å²) in [5.41, 5.74) is 5.90. The lowest BCUT2D eigenvalue weighted by atomic mass is 9.73. The predicted octanol–water partition coefficient (Wildman–Crippen LogP) is 3.13. The number of carbonyl (C=O) groups excluding carboxylic acids is 3. The van der Waals surface area contributed by atoms with E-state index in [9.17, 15) is 14.4 Å². The largest absolute Gasteiger partial charge is 0.489 e. The van der Waals surface area contributed by atoms with E-state index in [2.05, 4.69) is 5.10 Å². The molecule has 2 heterocycles. The molecule has 9 nitrogen and oxygen atoms in total. The van der Waals surface area contributed by atoms with Crippen molar-refractivity contribution >= 4 is 46.8 Å². The molecule has 2 aromatic rings. The Morgan fingerprint density at radius 3 is 2.51 bits per heavy atom. The zero-order valence-electron chi connectivity index (χ0n) is 18.9. The second-order valence-electron chi connectivity index (χ2n) is 8.47. The first-order chi connectivity index (χ1) is 16.7. The molecule has 11 heteroatoms. The van der Waals surface area contributed by atoms with Crippen molar-refractivity contribution in [2.24, 2.45) is 16.3 Å². The van der Waals surface area contributed by atoms with Crippen molar-refractivity contribution in [1.29, 1.82) is 0 Å². The van der Waals surface area contributed by atoms with E-state index in [1.54, 1.807) is 7.05 Å². The molecule has 2 atom stereocenters. The lowest BCUT2D eigenvalue weighted by Gasteiger charge is -2.40. The number of hydrazone groups is 1. The fraction of sp³-hybridized carbons (Fsp3) is 0.333. The molecule has 4 rings (SSSR count). The standard InChI is InChI=1S/C24H24Cl2N4O5/c1-29-22(32)24(12-15-5-3-2-4-6-15)14-30(8-7-20(24)28-29)21(31)19(35-23(27)33)13-34-18-10-16(25)9-17(26)11-18/h2-6,9-11,19H,7-8,12-14H2,1H3,(H2,27,33)/t19-,24-/m1/s1. The van der Waals surface area contributed by atoms with Gasteiger partial charge in [0.15, 0.2) is 0 Å². The molecule has 2 aliphatic rings. The van der Waals surface area contributed by atoms with E-state index in [0.717, 1.165) is 11.3 Å². The van der Waals surface area contributed by atoms with Crippen LogP contribution in [-0.2, 0) is 20.7 Å². The van der Waals surface area contributed by atoms with Crippen LogP contribution in [0.25, 0.3) is 0 Å². The summed E-state index contributed by atoms with van der Waals surface area (Å²) in [6, 6.07) is 14.1. The van der Waals surface area contributed by atoms with E-state index in [0.29, 0.717) is 35.2 Å². The molecule has 1 fully saturated rings. The number of benzene rings is 2. The molecule has 0 bridgehead atoms. The Morgan fingerprint density at radius 1 is 1.17 bits per heavy atom. The molecule has 0 radical (unpaired) electrons. The molecule has 1 saturated heterocycles. The quantitative estimate of drug-likeness (QED) is 0.604. The van der Waals surface area contributed by atoms with Gasteiger partial charge in [-0.1, -0.05) is 53.5 Å². The van der Waals surface area contributed by atoms with Crippen molar-refractivity contribution in [3.05, 3.63) is 64.1 Å². The zero-order valence-corrected chi connectivity index (χ0v) is 20.5. The minimum atomic E-state index is -1.33. The van der Waals surface area contributed by atoms with Gasteiger partial charge in [-0.2, -0.15) is 5.10 Å². The molecular weight excluding hydrogens is 495 g/mol. The third-order valence-electron chi connectivity index (χ3n) is 6.04. The number of primary amides is 1. The summed E-state index contributed by atoms with van der Waals surface area (Å²) < 4.78 is 10.7. The number of nitrogens with zero attached hydrogens (tertiary/aromatic N) is 3. The van der Waals surface area contributed by atoms with Crippen LogP contribution in [0.15, 0.2) is 53.6 Å². The molecule has 2 aliphatic heterocycles. The average molecular weight is 519 g/mol. The fourth-order valence-corrected chi connectivity index (χ4v) is 5.00. The van der Waals surface area contributed by atoms with Gasteiger partial charge >= 0.3 is 6.09 Å². The van der Waals surface area contributed by atoms with Gasteiger partial charge < -0.3 is 20.1 Å². The molecule has 2 N–H and O–H groups in total. The van der Waals surface area contributed by atoms with E-state index < -0.39 is 23.5 Å². The van der Waals surface area contributed by atoms with Gasteiger partial charge in [-0.25, -0.2) is 9.80 Å². The molecule has 0 aliphatic carbocycles. The maximum atomic E-state index is 13.5. The van der Waals surface area contributed by atoms with Crippen LogP contribution >= 0.6 is 23.2 Å². The molecule has 35 heavy (non-hydrogen) atoms. The Balaban J connectivity index is 1.55. The van der Waals surface area contributed by atoms with E-state index >= 15 is 0 Å². The highest BCUT2D eigenvalue weighted by Crippen LogP contribution is 2.38. The Hall–Kier alpha value is -3.30. The number of nitrogens with two attached hydrogens (primary N) is 1. The van der Waals surface area contributed by atoms with Gasteiger partial charge in [-0.15, -0.1) is 0 Å².